The Morgan fingerprint density at radius 1 is 0.575 bits per heavy atom. The third-order valence-corrected chi connectivity index (χ3v) is 12.8. The van der Waals surface area contributed by atoms with Gasteiger partial charge in [-0.2, -0.15) is 12.6 Å². The number of allylic oxidation sites excluding steroid dienone is 2. The van der Waals surface area contributed by atoms with Crippen molar-refractivity contribution in [2.24, 2.45) is 5.92 Å². The maximum absolute atomic E-state index is 10.9. The van der Waals surface area contributed by atoms with Gasteiger partial charge in [-0.3, -0.25) is 0 Å². The third kappa shape index (κ3) is 38.4. The molecular weight excluding hydrogens is 615 g/mol. The van der Waals surface area contributed by atoms with E-state index in [0.29, 0.717) is 12.2 Å². The predicted molar refractivity (Wildman–Crippen MR) is 185 cm³/mol. The Morgan fingerprint density at radius 3 is 1.35 bits per heavy atom. The topological polar surface area (TPSA) is 40.1 Å². The van der Waals surface area contributed by atoms with E-state index in [4.69, 9.17) is 0 Å². The van der Waals surface area contributed by atoms with Crippen molar-refractivity contribution in [3.63, 3.8) is 0 Å². The third-order valence-electron chi connectivity index (χ3n) is 7.90. The van der Waals surface area contributed by atoms with E-state index >= 15 is 0 Å². The number of unbranched alkanes of at least 4 members (excludes halogenated alkanes) is 20. The summed E-state index contributed by atoms with van der Waals surface area (Å²) in [5, 5.41) is 10.9. The second-order valence-electron chi connectivity index (χ2n) is 11.9. The molecule has 0 heterocycles. The Balaban J connectivity index is 0. The molecule has 0 aliphatic carbocycles. The zero-order valence-electron chi connectivity index (χ0n) is 27.6. The first kappa shape index (κ1) is 42.5. The van der Waals surface area contributed by atoms with E-state index in [2.05, 4.69) is 45.6 Å². The van der Waals surface area contributed by atoms with Crippen LogP contribution in [-0.4, -0.2) is 32.9 Å². The Bertz CT molecular complexity index is 483. The van der Waals surface area contributed by atoms with Gasteiger partial charge in [0.1, 0.15) is 0 Å². The van der Waals surface area contributed by atoms with E-state index in [0.717, 1.165) is 25.7 Å². The van der Waals surface area contributed by atoms with E-state index in [1.165, 1.54) is 122 Å². The first-order valence-corrected chi connectivity index (χ1v) is 23.2. The summed E-state index contributed by atoms with van der Waals surface area (Å²) in [7, 11) is 0. The van der Waals surface area contributed by atoms with Crippen molar-refractivity contribution >= 4 is 39.7 Å². The summed E-state index contributed by atoms with van der Waals surface area (Å²) >= 11 is 4.01. The van der Waals surface area contributed by atoms with Crippen molar-refractivity contribution in [1.82, 2.24) is 0 Å². The van der Waals surface area contributed by atoms with Crippen LogP contribution in [0.5, 0.6) is 0 Å². The van der Waals surface area contributed by atoms with Crippen molar-refractivity contribution in [3.8, 4) is 0 Å². The number of carboxylic acid groups (broad SMARTS) is 1. The molecular formula is C36H72O2SSn. The molecule has 0 fully saturated rings. The van der Waals surface area contributed by atoms with Crippen LogP contribution >= 0.6 is 12.6 Å². The second kappa shape index (κ2) is 39.4. The van der Waals surface area contributed by atoms with E-state index in [9.17, 15) is 9.90 Å². The van der Waals surface area contributed by atoms with Gasteiger partial charge < -0.3 is 9.90 Å². The first-order valence-electron chi connectivity index (χ1n) is 17.9. The van der Waals surface area contributed by atoms with Gasteiger partial charge in [-0.25, -0.2) is 0 Å². The molecule has 40 heavy (non-hydrogen) atoms. The molecule has 0 saturated heterocycles. The Labute approximate surface area is 268 Å². The molecule has 0 radical (unpaired) electrons. The summed E-state index contributed by atoms with van der Waals surface area (Å²) in [5.41, 5.74) is 0. The van der Waals surface area contributed by atoms with Crippen LogP contribution in [0.25, 0.3) is 0 Å². The van der Waals surface area contributed by atoms with Crippen molar-refractivity contribution < 1.29 is 9.90 Å². The molecule has 4 heteroatoms. The molecule has 238 valence electrons. The number of rotatable bonds is 31. The maximum atomic E-state index is 10.9. The van der Waals surface area contributed by atoms with Crippen LogP contribution in [0.2, 0.25) is 8.87 Å². The monoisotopic (exact) mass is 688 g/mol. The Morgan fingerprint density at radius 2 is 0.950 bits per heavy atom. The molecule has 0 N–H and O–H groups in total. The fourth-order valence-electron chi connectivity index (χ4n) is 5.10. The summed E-state index contributed by atoms with van der Waals surface area (Å²) in [6, 6.07) is 0. The van der Waals surface area contributed by atoms with Crippen LogP contribution in [0.4, 0.5) is 0 Å². The summed E-state index contributed by atoms with van der Waals surface area (Å²) in [6.07, 6.45) is 39.0. The fraction of sp³-hybridized carbons (Fsp3) is 0.917. The zero-order valence-corrected chi connectivity index (χ0v) is 31.8. The van der Waals surface area contributed by atoms with Gasteiger partial charge in [0.05, 0.1) is 0 Å². The van der Waals surface area contributed by atoms with Crippen LogP contribution in [0.1, 0.15) is 188 Å². The standard InChI is InChI=1S/C20H38O2S.2C8H17.Sn.H/c1-2-3-4-5-6-7-8-9-10-11-12-13-14-15-16-19(17-18-23)20(21)22;2*1-3-5-7-8-6-4-2;;/h9-10,19,23H,2-8,11-18H2,1H3,(H,21,22);2*1,3-8H2,2H3;;/q;;;+1;/p-1/b10-9-;;;;. The van der Waals surface area contributed by atoms with Gasteiger partial charge in [-0.15, -0.1) is 0 Å². The van der Waals surface area contributed by atoms with Crippen molar-refractivity contribution in [1.29, 1.82) is 0 Å². The summed E-state index contributed by atoms with van der Waals surface area (Å²) < 4.78 is 3.35. The van der Waals surface area contributed by atoms with Crippen molar-refractivity contribution in [2.75, 3.05) is 5.75 Å². The molecule has 0 saturated carbocycles. The van der Waals surface area contributed by atoms with Gasteiger partial charge in [0.25, 0.3) is 0 Å². The molecule has 0 bridgehead atoms. The molecule has 2 nitrogen and oxygen atoms in total. The molecule has 1 atom stereocenters. The molecule has 0 amide bonds. The van der Waals surface area contributed by atoms with Gasteiger partial charge in [0, 0.05) is 5.97 Å². The van der Waals surface area contributed by atoms with E-state index in [1.807, 2.05) is 0 Å². The molecule has 1 unspecified atom stereocenters. The fourth-order valence-corrected chi connectivity index (χ4v) is 9.53. The van der Waals surface area contributed by atoms with Crippen molar-refractivity contribution in [2.45, 2.75) is 197 Å². The predicted octanol–water partition coefficient (Wildman–Crippen LogP) is 11.3. The number of aliphatic carboxylic acids is 1. The summed E-state index contributed by atoms with van der Waals surface area (Å²) in [5.74, 6) is -0.580. The van der Waals surface area contributed by atoms with Gasteiger partial charge in [0.15, 0.2) is 0 Å². The minimum atomic E-state index is -0.906. The first-order chi connectivity index (χ1) is 19.6. The normalized spacial score (nSPS) is 11.9. The van der Waals surface area contributed by atoms with Crippen molar-refractivity contribution in [3.05, 3.63) is 12.2 Å². The Kier molecular flexibility index (Phi) is 41.8. The Hall–Kier alpha value is 0.359. The SMILES string of the molecule is CCCCCCCC/C=C\CCCCCCC(CCS)C(=O)[O-].CCCCCCC[CH2][SnH+][CH2]CCCCCCC. The van der Waals surface area contributed by atoms with Gasteiger partial charge in [0.2, 0.25) is 0 Å². The van der Waals surface area contributed by atoms with Crippen LogP contribution in [-0.2, 0) is 4.79 Å². The minimum absolute atomic E-state index is 0.0928. The number of carboxylic acids is 1. The molecule has 0 rings (SSSR count). The number of hydrogen-bond donors (Lipinski definition) is 1. The van der Waals surface area contributed by atoms with E-state index in [-0.39, 0.29) is 27.1 Å². The van der Waals surface area contributed by atoms with E-state index < -0.39 is 5.97 Å². The van der Waals surface area contributed by atoms with Crippen LogP contribution < -0.4 is 5.11 Å². The number of carbonyl (C=O) groups is 1. The van der Waals surface area contributed by atoms with Crippen LogP contribution in [0.3, 0.4) is 0 Å². The second-order valence-corrected chi connectivity index (χ2v) is 17.3. The van der Waals surface area contributed by atoms with Gasteiger partial charge >= 0.3 is 121 Å². The quantitative estimate of drug-likeness (QED) is 0.0341. The average molecular weight is 688 g/mol. The molecule has 0 aromatic carbocycles. The molecule has 0 aliphatic heterocycles. The summed E-state index contributed by atoms with van der Waals surface area (Å²) in [6.45, 7) is 6.86. The average Bonchev–Trinajstić information content (AvgIpc) is 2.95. The number of carbonyl (C=O) groups excluding carboxylic acids is 1. The summed E-state index contributed by atoms with van der Waals surface area (Å²) in [4.78, 5) is 10.9. The number of thiol groups is 1. The molecule has 0 aliphatic rings. The van der Waals surface area contributed by atoms with Crippen LogP contribution in [0, 0.1) is 5.92 Å². The molecule has 0 spiro atoms. The number of hydrogen-bond acceptors (Lipinski definition) is 3. The zero-order chi connectivity index (χ0) is 29.8. The van der Waals surface area contributed by atoms with Gasteiger partial charge in [-0.1, -0.05) is 70.4 Å². The van der Waals surface area contributed by atoms with Crippen LogP contribution in [0.15, 0.2) is 12.2 Å². The van der Waals surface area contributed by atoms with E-state index in [1.54, 1.807) is 21.7 Å². The molecule has 0 aromatic heterocycles. The van der Waals surface area contributed by atoms with Gasteiger partial charge in [-0.05, 0) is 50.2 Å². The molecule has 0 aromatic rings.